The van der Waals surface area contributed by atoms with E-state index in [0.29, 0.717) is 0 Å². The molecular formula is C13H25N3O3. The summed E-state index contributed by atoms with van der Waals surface area (Å²) >= 11 is 0. The van der Waals surface area contributed by atoms with E-state index >= 15 is 0 Å². The van der Waals surface area contributed by atoms with Crippen molar-refractivity contribution in [3.05, 3.63) is 0 Å². The van der Waals surface area contributed by atoms with Crippen molar-refractivity contribution < 1.29 is 14.6 Å². The molecule has 0 aromatic rings. The van der Waals surface area contributed by atoms with Gasteiger partial charge >= 0.3 is 0 Å². The average molecular weight is 271 g/mol. The van der Waals surface area contributed by atoms with Crippen LogP contribution in [0.2, 0.25) is 0 Å². The smallest absolute Gasteiger partial charge is 0.263 e. The van der Waals surface area contributed by atoms with E-state index < -0.39 is 6.10 Å². The van der Waals surface area contributed by atoms with E-state index in [1.165, 1.54) is 6.42 Å². The average Bonchev–Trinajstić information content (AvgIpc) is 2.86. The van der Waals surface area contributed by atoms with Crippen LogP contribution < -0.4 is 11.3 Å². The summed E-state index contributed by atoms with van der Waals surface area (Å²) in [5, 5.41) is 10.0. The summed E-state index contributed by atoms with van der Waals surface area (Å²) < 4.78 is 5.70. The molecule has 1 aliphatic heterocycles. The first-order valence-electron chi connectivity index (χ1n) is 7.16. The number of carbonyl (C=O) groups excluding carboxylic acids is 1. The molecule has 6 heteroatoms. The van der Waals surface area contributed by atoms with E-state index in [4.69, 9.17) is 10.6 Å². The molecule has 19 heavy (non-hydrogen) atoms. The molecule has 0 spiro atoms. The molecule has 1 aliphatic carbocycles. The molecule has 0 aromatic heterocycles. The fourth-order valence-electron chi connectivity index (χ4n) is 3.19. The Bertz CT molecular complexity index is 314. The highest BCUT2D eigenvalue weighted by Gasteiger charge is 2.33. The summed E-state index contributed by atoms with van der Waals surface area (Å²) in [6.07, 6.45) is 5.21. The number of amides is 1. The lowest BCUT2D eigenvalue weighted by Gasteiger charge is -2.36. The van der Waals surface area contributed by atoms with Crippen molar-refractivity contribution in [2.45, 2.75) is 62.9 Å². The molecule has 1 saturated carbocycles. The number of nitrogens with zero attached hydrogens (tertiary/aromatic N) is 1. The largest absolute Gasteiger partial charge is 0.391 e. The van der Waals surface area contributed by atoms with Crippen LogP contribution in [0.25, 0.3) is 0 Å². The molecule has 0 radical (unpaired) electrons. The summed E-state index contributed by atoms with van der Waals surface area (Å²) in [5.41, 5.74) is 2.13. The highest BCUT2D eigenvalue weighted by molar-refractivity contribution is 5.80. The van der Waals surface area contributed by atoms with Crippen molar-refractivity contribution in [3.63, 3.8) is 0 Å². The van der Waals surface area contributed by atoms with Gasteiger partial charge in [0.25, 0.3) is 5.91 Å². The van der Waals surface area contributed by atoms with Gasteiger partial charge in [0.15, 0.2) is 0 Å². The van der Waals surface area contributed by atoms with Crippen LogP contribution in [0.3, 0.4) is 0 Å². The summed E-state index contributed by atoms with van der Waals surface area (Å²) in [5.74, 6) is 4.86. The standard InChI is InChI=1S/C13H25N3O3/c1-16(10-4-2-3-5-11(10)17)8-9-6-7-12(19-9)13(18)15-14/h9-12,17H,2-8,14H2,1H3,(H,15,18). The molecule has 2 aliphatic rings. The van der Waals surface area contributed by atoms with Gasteiger partial charge in [0.05, 0.1) is 12.2 Å². The minimum atomic E-state index is -0.417. The summed E-state index contributed by atoms with van der Waals surface area (Å²) in [6.45, 7) is 0.760. The van der Waals surface area contributed by atoms with Crippen LogP contribution in [0.15, 0.2) is 0 Å². The lowest BCUT2D eigenvalue weighted by Crippen LogP contribution is -2.46. The number of hydrogen-bond donors (Lipinski definition) is 3. The maximum absolute atomic E-state index is 11.4. The number of hydrogen-bond acceptors (Lipinski definition) is 5. The van der Waals surface area contributed by atoms with Gasteiger partial charge in [0.2, 0.25) is 0 Å². The highest BCUT2D eigenvalue weighted by Crippen LogP contribution is 2.25. The van der Waals surface area contributed by atoms with Crippen molar-refractivity contribution in [2.75, 3.05) is 13.6 Å². The third-order valence-corrected chi connectivity index (χ3v) is 4.29. The Morgan fingerprint density at radius 2 is 2.11 bits per heavy atom. The zero-order valence-electron chi connectivity index (χ0n) is 11.5. The Morgan fingerprint density at radius 1 is 1.37 bits per heavy atom. The zero-order chi connectivity index (χ0) is 13.8. The first kappa shape index (κ1) is 14.7. The Kier molecular flexibility index (Phi) is 5.15. The van der Waals surface area contributed by atoms with Crippen LogP contribution in [0.5, 0.6) is 0 Å². The Labute approximate surface area is 114 Å². The van der Waals surface area contributed by atoms with Crippen molar-refractivity contribution in [1.29, 1.82) is 0 Å². The number of aliphatic hydroxyl groups excluding tert-OH is 1. The lowest BCUT2D eigenvalue weighted by molar-refractivity contribution is -0.132. The van der Waals surface area contributed by atoms with Gasteiger partial charge in [-0.3, -0.25) is 15.1 Å². The minimum Gasteiger partial charge on any atom is -0.391 e. The fraction of sp³-hybridized carbons (Fsp3) is 0.923. The molecule has 4 atom stereocenters. The van der Waals surface area contributed by atoms with Crippen LogP contribution in [0.1, 0.15) is 38.5 Å². The van der Waals surface area contributed by atoms with Gasteiger partial charge < -0.3 is 9.84 Å². The van der Waals surface area contributed by atoms with Gasteiger partial charge in [-0.2, -0.15) is 0 Å². The van der Waals surface area contributed by atoms with Crippen molar-refractivity contribution in [3.8, 4) is 0 Å². The number of hydrazine groups is 1. The molecule has 4 N–H and O–H groups in total. The number of aliphatic hydroxyl groups is 1. The summed E-state index contributed by atoms with van der Waals surface area (Å²) in [7, 11) is 2.03. The molecule has 1 heterocycles. The van der Waals surface area contributed by atoms with Gasteiger partial charge in [0, 0.05) is 12.6 Å². The van der Waals surface area contributed by atoms with Gasteiger partial charge in [-0.1, -0.05) is 12.8 Å². The molecule has 6 nitrogen and oxygen atoms in total. The first-order chi connectivity index (χ1) is 9.11. The second-order valence-electron chi connectivity index (χ2n) is 5.69. The molecule has 1 amide bonds. The third kappa shape index (κ3) is 3.66. The van der Waals surface area contributed by atoms with Gasteiger partial charge in [-0.05, 0) is 32.7 Å². The van der Waals surface area contributed by atoms with Crippen LogP contribution in [0.4, 0.5) is 0 Å². The van der Waals surface area contributed by atoms with E-state index in [1.54, 1.807) is 0 Å². The highest BCUT2D eigenvalue weighted by atomic mass is 16.5. The van der Waals surface area contributed by atoms with Gasteiger partial charge in [0.1, 0.15) is 6.10 Å². The van der Waals surface area contributed by atoms with Crippen LogP contribution >= 0.6 is 0 Å². The SMILES string of the molecule is CN(CC1CCC(C(=O)NN)O1)C1CCCCC1O. The quantitative estimate of drug-likeness (QED) is 0.373. The molecule has 1 saturated heterocycles. The van der Waals surface area contributed by atoms with E-state index in [2.05, 4.69) is 10.3 Å². The number of carbonyl (C=O) groups is 1. The van der Waals surface area contributed by atoms with E-state index in [9.17, 15) is 9.90 Å². The monoisotopic (exact) mass is 271 g/mol. The molecule has 2 rings (SSSR count). The Morgan fingerprint density at radius 3 is 2.79 bits per heavy atom. The molecule has 0 bridgehead atoms. The Balaban J connectivity index is 1.79. The molecular weight excluding hydrogens is 246 g/mol. The molecule has 0 aromatic carbocycles. The third-order valence-electron chi connectivity index (χ3n) is 4.29. The lowest BCUT2D eigenvalue weighted by atomic mass is 9.91. The summed E-state index contributed by atoms with van der Waals surface area (Å²) in [6, 6.07) is 0.222. The van der Waals surface area contributed by atoms with Crippen molar-refractivity contribution in [1.82, 2.24) is 10.3 Å². The minimum absolute atomic E-state index is 0.0569. The first-order valence-corrected chi connectivity index (χ1v) is 7.16. The van der Waals surface area contributed by atoms with Crippen molar-refractivity contribution >= 4 is 5.91 Å². The maximum Gasteiger partial charge on any atom is 0.263 e. The second kappa shape index (κ2) is 6.65. The van der Waals surface area contributed by atoms with Gasteiger partial charge in [-0.15, -0.1) is 0 Å². The number of nitrogens with two attached hydrogens (primary N) is 1. The van der Waals surface area contributed by atoms with E-state index in [1.807, 2.05) is 7.05 Å². The number of nitrogens with one attached hydrogen (secondary N) is 1. The van der Waals surface area contributed by atoms with Crippen LogP contribution in [-0.2, 0) is 9.53 Å². The van der Waals surface area contributed by atoms with Gasteiger partial charge in [-0.25, -0.2) is 5.84 Å². The molecule has 4 unspecified atom stereocenters. The molecule has 2 fully saturated rings. The number of ether oxygens (including phenoxy) is 1. The second-order valence-corrected chi connectivity index (χ2v) is 5.69. The van der Waals surface area contributed by atoms with Crippen LogP contribution in [-0.4, -0.2) is 53.9 Å². The number of rotatable bonds is 4. The molecule has 110 valence electrons. The summed E-state index contributed by atoms with van der Waals surface area (Å²) in [4.78, 5) is 13.6. The Hall–Kier alpha value is -0.690. The van der Waals surface area contributed by atoms with E-state index in [0.717, 1.165) is 38.6 Å². The van der Waals surface area contributed by atoms with Crippen LogP contribution in [0, 0.1) is 0 Å². The van der Waals surface area contributed by atoms with Crippen molar-refractivity contribution in [2.24, 2.45) is 5.84 Å². The zero-order valence-corrected chi connectivity index (χ0v) is 11.5. The predicted molar refractivity (Wildman–Crippen MR) is 71.1 cm³/mol. The predicted octanol–water partition coefficient (Wildman–Crippen LogP) is -0.241. The normalized spacial score (nSPS) is 35.6. The maximum atomic E-state index is 11.4. The topological polar surface area (TPSA) is 87.8 Å². The number of likely N-dealkylation sites (N-methyl/N-ethyl adjacent to an activating group) is 1. The van der Waals surface area contributed by atoms with E-state index in [-0.39, 0.29) is 24.2 Å². The fourth-order valence-corrected chi connectivity index (χ4v) is 3.19.